The highest BCUT2D eigenvalue weighted by molar-refractivity contribution is 9.10. The van der Waals surface area contributed by atoms with E-state index in [1.807, 2.05) is 37.3 Å². The highest BCUT2D eigenvalue weighted by Crippen LogP contribution is 2.43. The number of carbonyl (C=O) groups is 3. The van der Waals surface area contributed by atoms with E-state index in [1.54, 1.807) is 0 Å². The lowest BCUT2D eigenvalue weighted by Crippen LogP contribution is -2.23. The number of aryl methyl sites for hydroxylation is 2. The lowest BCUT2D eigenvalue weighted by atomic mass is 9.85. The Morgan fingerprint density at radius 3 is 1.96 bits per heavy atom. The zero-order chi connectivity index (χ0) is 32.1. The fourth-order valence-corrected chi connectivity index (χ4v) is 7.55. The van der Waals surface area contributed by atoms with E-state index in [4.69, 9.17) is 9.47 Å². The molecule has 0 radical (unpaired) electrons. The molecule has 2 heterocycles. The van der Waals surface area contributed by atoms with Gasteiger partial charge in [0.1, 0.15) is 24.7 Å². The minimum Gasteiger partial charge on any atom is -0.488 e. The number of rotatable bonds is 3. The van der Waals surface area contributed by atoms with Crippen LogP contribution in [0.3, 0.4) is 0 Å². The molecule has 46 heavy (non-hydrogen) atoms. The van der Waals surface area contributed by atoms with Gasteiger partial charge in [0, 0.05) is 34.2 Å². The molecule has 0 aromatic heterocycles. The fraction of sp³-hybridized carbons (Fsp3) is 0.256. The van der Waals surface area contributed by atoms with Crippen LogP contribution in [0.4, 0.5) is 0 Å². The number of ketones is 3. The van der Waals surface area contributed by atoms with Gasteiger partial charge in [-0.3, -0.25) is 14.4 Å². The number of benzene rings is 4. The van der Waals surface area contributed by atoms with Gasteiger partial charge in [-0.1, -0.05) is 68.3 Å². The Labute approximate surface area is 285 Å². The van der Waals surface area contributed by atoms with Crippen LogP contribution in [0.15, 0.2) is 67.2 Å². The van der Waals surface area contributed by atoms with Gasteiger partial charge < -0.3 is 9.47 Å². The Morgan fingerprint density at radius 1 is 0.739 bits per heavy atom. The van der Waals surface area contributed by atoms with Crippen molar-refractivity contribution in [1.82, 2.24) is 0 Å². The minimum absolute atomic E-state index is 0.0583. The molecule has 4 aliphatic rings. The maximum atomic E-state index is 12.4. The number of ether oxygens (including phenoxy) is 2. The van der Waals surface area contributed by atoms with E-state index in [0.29, 0.717) is 30.5 Å². The predicted octanol–water partition coefficient (Wildman–Crippen LogP) is 9.51. The molecule has 7 heteroatoms. The van der Waals surface area contributed by atoms with Crippen LogP contribution in [-0.4, -0.2) is 27.5 Å². The zero-order valence-electron chi connectivity index (χ0n) is 25.5. The quantitative estimate of drug-likeness (QED) is 0.155. The first-order chi connectivity index (χ1) is 22.2. The fourth-order valence-electron chi connectivity index (χ4n) is 6.75. The Bertz CT molecular complexity index is 1970. The number of allylic oxidation sites excluding steroid dienone is 1. The molecular weight excluding hydrogens is 708 g/mol. The van der Waals surface area contributed by atoms with E-state index in [-0.39, 0.29) is 22.2 Å². The first-order valence-corrected chi connectivity index (χ1v) is 17.6. The number of Topliss-reactive ketones (excluding diaryl/α,β-unsaturated/α-hetero) is 3. The van der Waals surface area contributed by atoms with Crippen LogP contribution in [0.25, 0.3) is 27.8 Å². The van der Waals surface area contributed by atoms with Crippen molar-refractivity contribution in [3.63, 3.8) is 0 Å². The molecule has 2 aliphatic heterocycles. The Balaban J connectivity index is 0.000000147. The summed E-state index contributed by atoms with van der Waals surface area (Å²) in [4.78, 5) is 36.2. The monoisotopic (exact) mass is 738 g/mol. The van der Waals surface area contributed by atoms with Crippen LogP contribution >= 0.6 is 31.9 Å². The van der Waals surface area contributed by atoms with Gasteiger partial charge in [0.2, 0.25) is 0 Å². The van der Waals surface area contributed by atoms with E-state index < -0.39 is 0 Å². The van der Waals surface area contributed by atoms with Crippen molar-refractivity contribution in [2.75, 3.05) is 5.33 Å². The summed E-state index contributed by atoms with van der Waals surface area (Å²) in [6.07, 6.45) is 4.28. The van der Waals surface area contributed by atoms with Crippen LogP contribution in [0.2, 0.25) is 0 Å². The third kappa shape index (κ3) is 5.58. The van der Waals surface area contributed by atoms with Crippen LogP contribution in [0, 0.1) is 0 Å². The van der Waals surface area contributed by atoms with Crippen LogP contribution in [0.1, 0.15) is 85.1 Å². The summed E-state index contributed by atoms with van der Waals surface area (Å²) in [5.41, 5.74) is 13.4. The number of alkyl halides is 2. The first-order valence-electron chi connectivity index (χ1n) is 15.5. The largest absolute Gasteiger partial charge is 0.488 e. The van der Waals surface area contributed by atoms with Gasteiger partial charge in [-0.25, -0.2) is 0 Å². The van der Waals surface area contributed by atoms with E-state index in [2.05, 4.69) is 68.8 Å². The maximum Gasteiger partial charge on any atom is 0.176 e. The molecule has 0 saturated heterocycles. The second-order valence-corrected chi connectivity index (χ2v) is 14.0. The smallest absolute Gasteiger partial charge is 0.176 e. The zero-order valence-corrected chi connectivity index (χ0v) is 28.7. The van der Waals surface area contributed by atoms with Gasteiger partial charge in [-0.2, -0.15) is 0 Å². The van der Waals surface area contributed by atoms with Gasteiger partial charge in [0.25, 0.3) is 0 Å². The van der Waals surface area contributed by atoms with Gasteiger partial charge in [0.05, 0.1) is 10.2 Å². The summed E-state index contributed by atoms with van der Waals surface area (Å²) in [6, 6.07) is 20.2. The Kier molecular flexibility index (Phi) is 8.32. The summed E-state index contributed by atoms with van der Waals surface area (Å²) in [7, 11) is 0. The lowest BCUT2D eigenvalue weighted by molar-refractivity contribution is 0.0967. The van der Waals surface area contributed by atoms with Gasteiger partial charge in [-0.05, 0) is 108 Å². The van der Waals surface area contributed by atoms with Crippen LogP contribution in [-0.2, 0) is 26.1 Å². The standard InChI is InChI=1S/C20H18O2.C19H14Br2O3/c1-12(2)13-6-7-16-15(8-13)11-22-20-10-17-14(9-18(16)20)4-3-5-19(17)21;20-8-17(22)11-1-3-13-12(5-11)9-24-18-7-14-10(6-15(13)18)2-4-16(21)19(14)23/h6-10H,1,3-5,11H2,2H3;1,3,5-7,16H,2,4,8-9H2. The Hall–Kier alpha value is -3.81. The molecular formula is C39H32Br2O5. The van der Waals surface area contributed by atoms with Gasteiger partial charge >= 0.3 is 0 Å². The number of hydrogen-bond donors (Lipinski definition) is 0. The predicted molar refractivity (Wildman–Crippen MR) is 188 cm³/mol. The van der Waals surface area contributed by atoms with Crippen molar-refractivity contribution in [3.05, 3.63) is 112 Å². The van der Waals surface area contributed by atoms with Gasteiger partial charge in [0.15, 0.2) is 17.3 Å². The molecule has 0 bridgehead atoms. The summed E-state index contributed by atoms with van der Waals surface area (Å²) < 4.78 is 11.8. The number of carbonyl (C=O) groups excluding carboxylic acids is 3. The second kappa shape index (κ2) is 12.4. The molecule has 5 nitrogen and oxygen atoms in total. The molecule has 4 aromatic rings. The summed E-state index contributed by atoms with van der Waals surface area (Å²) >= 11 is 6.66. The van der Waals surface area contributed by atoms with Crippen molar-refractivity contribution in [2.45, 2.75) is 57.1 Å². The van der Waals surface area contributed by atoms with E-state index in [9.17, 15) is 14.4 Å². The molecule has 2 aliphatic carbocycles. The van der Waals surface area contributed by atoms with Crippen LogP contribution in [0.5, 0.6) is 11.5 Å². The molecule has 0 saturated carbocycles. The van der Waals surface area contributed by atoms with Crippen molar-refractivity contribution >= 4 is 54.8 Å². The summed E-state index contributed by atoms with van der Waals surface area (Å²) in [5, 5.41) is 0.312. The van der Waals surface area contributed by atoms with Crippen molar-refractivity contribution < 1.29 is 23.9 Å². The Morgan fingerprint density at radius 2 is 1.33 bits per heavy atom. The third-order valence-corrected chi connectivity index (χ3v) is 10.7. The average molecular weight is 740 g/mol. The molecule has 232 valence electrons. The summed E-state index contributed by atoms with van der Waals surface area (Å²) in [5.74, 6) is 2.02. The molecule has 4 aromatic carbocycles. The number of hydrogen-bond acceptors (Lipinski definition) is 5. The van der Waals surface area contributed by atoms with Crippen molar-refractivity contribution in [3.8, 4) is 33.8 Å². The lowest BCUT2D eigenvalue weighted by Gasteiger charge is -2.26. The summed E-state index contributed by atoms with van der Waals surface area (Å²) in [6.45, 7) is 6.99. The van der Waals surface area contributed by atoms with Crippen molar-refractivity contribution in [2.24, 2.45) is 0 Å². The molecule has 0 N–H and O–H groups in total. The molecule has 0 spiro atoms. The van der Waals surface area contributed by atoms with E-state index in [1.165, 1.54) is 11.1 Å². The van der Waals surface area contributed by atoms with Crippen molar-refractivity contribution in [1.29, 1.82) is 0 Å². The highest BCUT2D eigenvalue weighted by Gasteiger charge is 2.29. The second-order valence-electron chi connectivity index (χ2n) is 12.3. The number of fused-ring (bicyclic) bond motifs is 8. The molecule has 1 atom stereocenters. The van der Waals surface area contributed by atoms with Crippen LogP contribution < -0.4 is 9.47 Å². The van der Waals surface area contributed by atoms with Gasteiger partial charge in [-0.15, -0.1) is 0 Å². The molecule has 0 fully saturated rings. The molecule has 8 rings (SSSR count). The van der Waals surface area contributed by atoms with E-state index >= 15 is 0 Å². The topological polar surface area (TPSA) is 69.7 Å². The minimum atomic E-state index is -0.100. The first kappa shape index (κ1) is 30.8. The molecule has 1 unspecified atom stereocenters. The average Bonchev–Trinajstić information content (AvgIpc) is 3.08. The molecule has 0 amide bonds. The maximum absolute atomic E-state index is 12.4. The highest BCUT2D eigenvalue weighted by atomic mass is 79.9. The third-order valence-electron chi connectivity index (χ3n) is 9.27. The number of halogens is 2. The van der Waals surface area contributed by atoms with E-state index in [0.717, 1.165) is 92.8 Å². The SMILES string of the molecule is C=C(C)c1ccc2c(c1)COc1cc3c(cc1-2)CCCC3=O.O=C(CBr)c1ccc2c(c1)COc1cc3c(cc1-2)CCC(Br)C3=O. The normalized spacial score (nSPS) is 16.9.